The van der Waals surface area contributed by atoms with Crippen molar-refractivity contribution in [2.24, 2.45) is 0 Å². The van der Waals surface area contributed by atoms with Crippen LogP contribution in [0.4, 0.5) is 5.69 Å². The first-order chi connectivity index (χ1) is 9.83. The highest BCUT2D eigenvalue weighted by Gasteiger charge is 2.16. The largest absolute Gasteiger partial charge is 0.452 e. The van der Waals surface area contributed by atoms with Crippen LogP contribution in [-0.2, 0) is 10.0 Å². The van der Waals surface area contributed by atoms with Gasteiger partial charge in [-0.05, 0) is 38.1 Å². The summed E-state index contributed by atoms with van der Waals surface area (Å²) in [6, 6.07) is 6.15. The molecule has 114 valence electrons. The van der Waals surface area contributed by atoms with Gasteiger partial charge in [-0.2, -0.15) is 4.68 Å². The van der Waals surface area contributed by atoms with Crippen LogP contribution in [0.25, 0.3) is 5.69 Å². The lowest BCUT2D eigenvalue weighted by atomic mass is 10.3. The summed E-state index contributed by atoms with van der Waals surface area (Å²) in [4.78, 5) is 11.5. The van der Waals surface area contributed by atoms with E-state index in [1.165, 1.54) is 19.2 Å². The zero-order chi connectivity index (χ0) is 15.6. The van der Waals surface area contributed by atoms with E-state index in [-0.39, 0.29) is 6.08 Å². The van der Waals surface area contributed by atoms with E-state index in [4.69, 9.17) is 9.15 Å². The van der Waals surface area contributed by atoms with Gasteiger partial charge in [-0.1, -0.05) is 5.10 Å². The molecule has 0 saturated heterocycles. The van der Waals surface area contributed by atoms with E-state index >= 15 is 0 Å². The average molecular weight is 313 g/mol. The van der Waals surface area contributed by atoms with Crippen molar-refractivity contribution in [1.29, 1.82) is 0 Å². The number of nitrogens with one attached hydrogen (secondary N) is 1. The number of aromatic nitrogens is 2. The molecular formula is C12H15N3O5S. The first-order valence-corrected chi connectivity index (χ1v) is 7.64. The minimum absolute atomic E-state index is 0.149. The minimum atomic E-state index is -3.41. The molecule has 0 amide bonds. The van der Waals surface area contributed by atoms with Gasteiger partial charge in [-0.25, -0.2) is 13.2 Å². The molecule has 0 unspecified atom stereocenters. The molecule has 2 rings (SSSR count). The van der Waals surface area contributed by atoms with Crippen LogP contribution in [0.2, 0.25) is 0 Å². The third-order valence-electron chi connectivity index (χ3n) is 2.70. The Morgan fingerprint density at radius 3 is 2.38 bits per heavy atom. The normalized spacial score (nSPS) is 11.6. The Balaban J connectivity index is 2.27. The van der Waals surface area contributed by atoms with E-state index in [9.17, 15) is 13.2 Å². The molecule has 0 fully saturated rings. The number of ether oxygens (including phenoxy) is 1. The Kier molecular flexibility index (Phi) is 4.03. The maximum atomic E-state index is 11.7. The SMILES string of the molecule is COc1nn(-c2ccc(NS(=O)(=O)C(C)C)cc2)c(=O)o1. The Hall–Kier alpha value is -2.29. The molecule has 1 N–H and O–H groups in total. The lowest BCUT2D eigenvalue weighted by Crippen LogP contribution is -2.22. The highest BCUT2D eigenvalue weighted by Crippen LogP contribution is 2.15. The maximum absolute atomic E-state index is 11.7. The Bertz CT molecular complexity index is 774. The van der Waals surface area contributed by atoms with Crippen LogP contribution in [0.1, 0.15) is 13.8 Å². The van der Waals surface area contributed by atoms with Crippen LogP contribution in [0.15, 0.2) is 33.5 Å². The number of hydrogen-bond donors (Lipinski definition) is 1. The molecule has 0 atom stereocenters. The predicted molar refractivity (Wildman–Crippen MR) is 76.3 cm³/mol. The first-order valence-electron chi connectivity index (χ1n) is 6.09. The van der Waals surface area contributed by atoms with Gasteiger partial charge in [0, 0.05) is 5.69 Å². The standard InChI is InChI=1S/C12H15N3O5S/c1-8(2)21(17,18)14-9-4-6-10(7-5-9)15-12(16)20-11(13-15)19-3/h4-8,14H,1-3H3. The third kappa shape index (κ3) is 3.24. The number of rotatable bonds is 5. The summed E-state index contributed by atoms with van der Waals surface area (Å²) >= 11 is 0. The average Bonchev–Trinajstić information content (AvgIpc) is 2.80. The summed E-state index contributed by atoms with van der Waals surface area (Å²) in [7, 11) is -2.08. The van der Waals surface area contributed by atoms with E-state index in [2.05, 4.69) is 9.82 Å². The topological polar surface area (TPSA) is 103 Å². The van der Waals surface area contributed by atoms with Crippen molar-refractivity contribution < 1.29 is 17.6 Å². The number of hydrogen-bond acceptors (Lipinski definition) is 6. The first kappa shape index (κ1) is 15.1. The summed E-state index contributed by atoms with van der Waals surface area (Å²) in [6.45, 7) is 3.16. The predicted octanol–water partition coefficient (Wildman–Crippen LogP) is 0.984. The molecule has 2 aromatic rings. The highest BCUT2D eigenvalue weighted by molar-refractivity contribution is 7.93. The molecule has 1 aromatic heterocycles. The van der Waals surface area contributed by atoms with Crippen molar-refractivity contribution in [2.45, 2.75) is 19.1 Å². The Morgan fingerprint density at radius 2 is 1.90 bits per heavy atom. The molecular weight excluding hydrogens is 298 g/mol. The van der Waals surface area contributed by atoms with Crippen LogP contribution in [0.3, 0.4) is 0 Å². The molecule has 0 radical (unpaired) electrons. The van der Waals surface area contributed by atoms with Crippen molar-refractivity contribution in [3.05, 3.63) is 34.8 Å². The number of benzene rings is 1. The molecule has 0 aliphatic rings. The molecule has 0 aliphatic heterocycles. The molecule has 0 spiro atoms. The van der Waals surface area contributed by atoms with Gasteiger partial charge < -0.3 is 9.15 Å². The molecule has 0 bridgehead atoms. The highest BCUT2D eigenvalue weighted by atomic mass is 32.2. The summed E-state index contributed by atoms with van der Waals surface area (Å²) in [6.07, 6.45) is -0.149. The van der Waals surface area contributed by atoms with Gasteiger partial charge in [0.05, 0.1) is 18.0 Å². The van der Waals surface area contributed by atoms with Gasteiger partial charge in [0.25, 0.3) is 0 Å². The second-order valence-electron chi connectivity index (χ2n) is 4.49. The molecule has 21 heavy (non-hydrogen) atoms. The van der Waals surface area contributed by atoms with E-state index in [0.29, 0.717) is 11.4 Å². The summed E-state index contributed by atoms with van der Waals surface area (Å²) < 4.78 is 36.4. The number of methoxy groups -OCH3 is 1. The quantitative estimate of drug-likeness (QED) is 0.882. The van der Waals surface area contributed by atoms with E-state index < -0.39 is 21.0 Å². The fraction of sp³-hybridized carbons (Fsp3) is 0.333. The Labute approximate surface area is 121 Å². The second-order valence-corrected chi connectivity index (χ2v) is 6.73. The molecule has 1 heterocycles. The van der Waals surface area contributed by atoms with Gasteiger partial charge in [0.15, 0.2) is 0 Å². The van der Waals surface area contributed by atoms with Gasteiger partial charge in [0.2, 0.25) is 10.0 Å². The third-order valence-corrected chi connectivity index (χ3v) is 4.46. The smallest absolute Gasteiger partial charge is 0.444 e. The number of anilines is 1. The molecule has 1 aromatic carbocycles. The van der Waals surface area contributed by atoms with Crippen molar-refractivity contribution in [3.8, 4) is 11.8 Å². The van der Waals surface area contributed by atoms with Crippen LogP contribution in [-0.4, -0.2) is 30.6 Å². The van der Waals surface area contributed by atoms with Gasteiger partial charge in [-0.15, -0.1) is 0 Å². The van der Waals surface area contributed by atoms with Gasteiger partial charge in [0.1, 0.15) is 0 Å². The zero-order valence-corrected chi connectivity index (χ0v) is 12.5. The van der Waals surface area contributed by atoms with Crippen molar-refractivity contribution in [1.82, 2.24) is 9.78 Å². The molecule has 0 aliphatic carbocycles. The van der Waals surface area contributed by atoms with Crippen LogP contribution >= 0.6 is 0 Å². The van der Waals surface area contributed by atoms with Crippen LogP contribution in [0.5, 0.6) is 6.08 Å². The lowest BCUT2D eigenvalue weighted by molar-refractivity contribution is 0.282. The summed E-state index contributed by atoms with van der Waals surface area (Å²) in [5, 5.41) is 3.27. The minimum Gasteiger partial charge on any atom is -0.452 e. The van der Waals surface area contributed by atoms with E-state index in [1.807, 2.05) is 0 Å². The fourth-order valence-electron chi connectivity index (χ4n) is 1.46. The van der Waals surface area contributed by atoms with Crippen molar-refractivity contribution >= 4 is 15.7 Å². The maximum Gasteiger partial charge on any atom is 0.444 e. The van der Waals surface area contributed by atoms with Gasteiger partial charge in [-0.3, -0.25) is 4.72 Å². The van der Waals surface area contributed by atoms with Crippen molar-refractivity contribution in [3.63, 3.8) is 0 Å². The van der Waals surface area contributed by atoms with Crippen molar-refractivity contribution in [2.75, 3.05) is 11.8 Å². The molecule has 0 saturated carbocycles. The zero-order valence-electron chi connectivity index (χ0n) is 11.7. The fourth-order valence-corrected chi connectivity index (χ4v) is 2.16. The van der Waals surface area contributed by atoms with E-state index in [1.54, 1.807) is 26.0 Å². The Morgan fingerprint density at radius 1 is 1.29 bits per heavy atom. The summed E-state index contributed by atoms with van der Waals surface area (Å²) in [5.74, 6) is -0.692. The van der Waals surface area contributed by atoms with Crippen LogP contribution < -0.4 is 15.2 Å². The summed E-state index contributed by atoms with van der Waals surface area (Å²) in [5.41, 5.74) is 0.829. The molecule has 8 nitrogen and oxygen atoms in total. The monoisotopic (exact) mass is 313 g/mol. The number of nitrogens with zero attached hydrogens (tertiary/aromatic N) is 2. The number of sulfonamides is 1. The second kappa shape index (κ2) is 5.60. The van der Waals surface area contributed by atoms with Gasteiger partial charge >= 0.3 is 11.8 Å². The van der Waals surface area contributed by atoms with Crippen LogP contribution in [0, 0.1) is 0 Å². The lowest BCUT2D eigenvalue weighted by Gasteiger charge is -2.10. The molecule has 9 heteroatoms. The van der Waals surface area contributed by atoms with E-state index in [0.717, 1.165) is 4.68 Å².